The van der Waals surface area contributed by atoms with Gasteiger partial charge in [-0.2, -0.15) is 0 Å². The highest BCUT2D eigenvalue weighted by atomic mass is 16.5. The lowest BCUT2D eigenvalue weighted by Crippen LogP contribution is -2.08. The zero-order chi connectivity index (χ0) is 14.0. The summed E-state index contributed by atoms with van der Waals surface area (Å²) in [4.78, 5) is 15.2. The third-order valence-corrected chi connectivity index (χ3v) is 3.13. The molecule has 0 fully saturated rings. The van der Waals surface area contributed by atoms with E-state index in [2.05, 4.69) is 4.98 Å². The molecule has 5 heteroatoms. The number of aromatic nitrogens is 1. The van der Waals surface area contributed by atoms with Crippen molar-refractivity contribution in [3.05, 3.63) is 30.1 Å². The van der Waals surface area contributed by atoms with Gasteiger partial charge in [-0.25, -0.2) is 0 Å². The Hall–Kier alpha value is -2.30. The van der Waals surface area contributed by atoms with E-state index in [0.717, 1.165) is 10.8 Å². The largest absolute Gasteiger partial charge is 0.493 e. The van der Waals surface area contributed by atoms with E-state index < -0.39 is 11.9 Å². The second kappa shape index (κ2) is 5.14. The fourth-order valence-electron chi connectivity index (χ4n) is 2.00. The average Bonchev–Trinajstić information content (AvgIpc) is 2.44. The summed E-state index contributed by atoms with van der Waals surface area (Å²) < 4.78 is 10.5. The SMILES string of the molecule is COc1cc2cncc(C(C)C(=O)O)c2cc1OC. The van der Waals surface area contributed by atoms with Gasteiger partial charge in [0.1, 0.15) is 0 Å². The van der Waals surface area contributed by atoms with E-state index in [1.807, 2.05) is 0 Å². The predicted octanol–water partition coefficient (Wildman–Crippen LogP) is 2.44. The van der Waals surface area contributed by atoms with Crippen molar-refractivity contribution < 1.29 is 19.4 Å². The third-order valence-electron chi connectivity index (χ3n) is 3.13. The van der Waals surface area contributed by atoms with Crippen LogP contribution < -0.4 is 9.47 Å². The smallest absolute Gasteiger partial charge is 0.310 e. The number of hydrogen-bond donors (Lipinski definition) is 1. The van der Waals surface area contributed by atoms with Crippen molar-refractivity contribution in [1.29, 1.82) is 0 Å². The topological polar surface area (TPSA) is 68.7 Å². The van der Waals surface area contributed by atoms with Crippen molar-refractivity contribution in [3.8, 4) is 11.5 Å². The molecule has 1 aromatic heterocycles. The summed E-state index contributed by atoms with van der Waals surface area (Å²) in [5, 5.41) is 10.8. The number of carboxylic acids is 1. The molecule has 1 unspecified atom stereocenters. The molecule has 0 amide bonds. The summed E-state index contributed by atoms with van der Waals surface area (Å²) in [6.45, 7) is 1.63. The van der Waals surface area contributed by atoms with Crippen molar-refractivity contribution in [2.24, 2.45) is 0 Å². The molecule has 1 heterocycles. The van der Waals surface area contributed by atoms with Crippen LogP contribution >= 0.6 is 0 Å². The van der Waals surface area contributed by atoms with Gasteiger partial charge in [-0.3, -0.25) is 9.78 Å². The van der Waals surface area contributed by atoms with E-state index in [-0.39, 0.29) is 0 Å². The number of hydrogen-bond acceptors (Lipinski definition) is 4. The van der Waals surface area contributed by atoms with Crippen LogP contribution in [0.4, 0.5) is 0 Å². The van der Waals surface area contributed by atoms with Crippen molar-refractivity contribution >= 4 is 16.7 Å². The summed E-state index contributed by atoms with van der Waals surface area (Å²) in [6.07, 6.45) is 3.25. The maximum Gasteiger partial charge on any atom is 0.310 e. The summed E-state index contributed by atoms with van der Waals surface area (Å²) in [5.74, 6) is -0.352. The van der Waals surface area contributed by atoms with Crippen molar-refractivity contribution in [2.75, 3.05) is 14.2 Å². The number of nitrogens with zero attached hydrogens (tertiary/aromatic N) is 1. The standard InChI is InChI=1S/C14H15NO4/c1-8(14(16)17)11-7-15-6-9-4-12(18-2)13(19-3)5-10(9)11/h4-8H,1-3H3,(H,16,17). The highest BCUT2D eigenvalue weighted by Crippen LogP contribution is 2.35. The van der Waals surface area contributed by atoms with Gasteiger partial charge in [-0.05, 0) is 30.0 Å². The molecule has 1 N–H and O–H groups in total. The molecule has 19 heavy (non-hydrogen) atoms. The van der Waals surface area contributed by atoms with Crippen molar-refractivity contribution in [1.82, 2.24) is 4.98 Å². The first kappa shape index (κ1) is 13.1. The minimum atomic E-state index is -0.885. The Morgan fingerprint density at radius 1 is 1.21 bits per heavy atom. The van der Waals surface area contributed by atoms with Gasteiger partial charge >= 0.3 is 5.97 Å². The lowest BCUT2D eigenvalue weighted by molar-refractivity contribution is -0.138. The minimum Gasteiger partial charge on any atom is -0.493 e. The Morgan fingerprint density at radius 2 is 1.84 bits per heavy atom. The molecule has 0 aliphatic carbocycles. The van der Waals surface area contributed by atoms with E-state index in [0.29, 0.717) is 17.1 Å². The summed E-state index contributed by atoms with van der Waals surface area (Å²) in [7, 11) is 3.10. The lowest BCUT2D eigenvalue weighted by atomic mass is 9.97. The van der Waals surface area contributed by atoms with Crippen LogP contribution in [-0.4, -0.2) is 30.3 Å². The molecule has 0 aliphatic heterocycles. The predicted molar refractivity (Wildman–Crippen MR) is 70.9 cm³/mol. The molecule has 1 atom stereocenters. The van der Waals surface area contributed by atoms with E-state index in [1.165, 1.54) is 0 Å². The Balaban J connectivity index is 2.70. The maximum absolute atomic E-state index is 11.1. The fourth-order valence-corrected chi connectivity index (χ4v) is 2.00. The van der Waals surface area contributed by atoms with Gasteiger partial charge < -0.3 is 14.6 Å². The fraction of sp³-hybridized carbons (Fsp3) is 0.286. The summed E-state index contributed by atoms with van der Waals surface area (Å²) in [5.41, 5.74) is 0.658. The maximum atomic E-state index is 11.1. The first-order valence-electron chi connectivity index (χ1n) is 5.81. The Bertz CT molecular complexity index is 624. The second-order valence-corrected chi connectivity index (χ2v) is 4.22. The Kier molecular flexibility index (Phi) is 3.55. The number of carbonyl (C=O) groups is 1. The second-order valence-electron chi connectivity index (χ2n) is 4.22. The molecule has 2 aromatic rings. The van der Waals surface area contributed by atoms with Crippen LogP contribution in [0, 0.1) is 0 Å². The highest BCUT2D eigenvalue weighted by molar-refractivity contribution is 5.92. The van der Waals surface area contributed by atoms with Crippen molar-refractivity contribution in [3.63, 3.8) is 0 Å². The first-order chi connectivity index (χ1) is 9.08. The van der Waals surface area contributed by atoms with Gasteiger partial charge in [0.15, 0.2) is 11.5 Å². The van der Waals surface area contributed by atoms with E-state index in [9.17, 15) is 4.79 Å². The molecular formula is C14H15NO4. The number of rotatable bonds is 4. The van der Waals surface area contributed by atoms with Crippen LogP contribution in [0.25, 0.3) is 10.8 Å². The molecule has 0 saturated heterocycles. The normalized spacial score (nSPS) is 12.2. The first-order valence-corrected chi connectivity index (χ1v) is 5.81. The molecule has 0 aliphatic rings. The van der Waals surface area contributed by atoms with Crippen LogP contribution in [0.5, 0.6) is 11.5 Å². The van der Waals surface area contributed by atoms with E-state index in [1.54, 1.807) is 45.7 Å². The van der Waals surface area contributed by atoms with Crippen LogP contribution in [0.3, 0.4) is 0 Å². The minimum absolute atomic E-state index is 0.569. The molecule has 0 saturated carbocycles. The monoisotopic (exact) mass is 261 g/mol. The van der Waals surface area contributed by atoms with Crippen LogP contribution in [-0.2, 0) is 4.79 Å². The van der Waals surface area contributed by atoms with Crippen LogP contribution in [0.2, 0.25) is 0 Å². The lowest BCUT2D eigenvalue weighted by Gasteiger charge is -2.13. The number of pyridine rings is 1. The van der Waals surface area contributed by atoms with Gasteiger partial charge in [-0.15, -0.1) is 0 Å². The van der Waals surface area contributed by atoms with Gasteiger partial charge in [0.25, 0.3) is 0 Å². The van der Waals surface area contributed by atoms with Crippen molar-refractivity contribution in [2.45, 2.75) is 12.8 Å². The number of benzene rings is 1. The molecule has 0 bridgehead atoms. The quantitative estimate of drug-likeness (QED) is 0.915. The number of carboxylic acid groups (broad SMARTS) is 1. The summed E-state index contributed by atoms with van der Waals surface area (Å²) >= 11 is 0. The molecule has 0 spiro atoms. The summed E-state index contributed by atoms with van der Waals surface area (Å²) in [6, 6.07) is 3.57. The third kappa shape index (κ3) is 2.31. The van der Waals surface area contributed by atoms with Gasteiger partial charge in [0.05, 0.1) is 20.1 Å². The number of ether oxygens (including phenoxy) is 2. The van der Waals surface area contributed by atoms with Gasteiger partial charge in [0.2, 0.25) is 0 Å². The van der Waals surface area contributed by atoms with Gasteiger partial charge in [-0.1, -0.05) is 0 Å². The van der Waals surface area contributed by atoms with E-state index in [4.69, 9.17) is 14.6 Å². The molecule has 0 radical (unpaired) electrons. The van der Waals surface area contributed by atoms with E-state index >= 15 is 0 Å². The zero-order valence-corrected chi connectivity index (χ0v) is 11.0. The number of aliphatic carboxylic acids is 1. The zero-order valence-electron chi connectivity index (χ0n) is 11.0. The molecule has 1 aromatic carbocycles. The molecule has 2 rings (SSSR count). The molecular weight excluding hydrogens is 246 g/mol. The molecule has 5 nitrogen and oxygen atoms in total. The van der Waals surface area contributed by atoms with Crippen LogP contribution in [0.1, 0.15) is 18.4 Å². The Morgan fingerprint density at radius 3 is 2.42 bits per heavy atom. The van der Waals surface area contributed by atoms with Crippen LogP contribution in [0.15, 0.2) is 24.5 Å². The number of fused-ring (bicyclic) bond motifs is 1. The highest BCUT2D eigenvalue weighted by Gasteiger charge is 2.18. The van der Waals surface area contributed by atoms with Gasteiger partial charge in [0, 0.05) is 17.8 Å². The molecule has 100 valence electrons. The number of methoxy groups -OCH3 is 2. The Labute approximate surface area is 110 Å². The average molecular weight is 261 g/mol.